The molecule has 2 atom stereocenters. The van der Waals surface area contributed by atoms with Crippen molar-refractivity contribution in [1.82, 2.24) is 4.90 Å². The number of amides is 2. The van der Waals surface area contributed by atoms with Gasteiger partial charge in [-0.25, -0.2) is 0 Å². The van der Waals surface area contributed by atoms with E-state index in [4.69, 9.17) is 16.3 Å². The molecule has 0 bridgehead atoms. The Balaban J connectivity index is 1.62. The zero-order valence-corrected chi connectivity index (χ0v) is 17.1. The zero-order valence-electron chi connectivity index (χ0n) is 15.6. The number of likely N-dealkylation sites (tertiary alicyclic amines) is 1. The maximum atomic E-state index is 12.2. The topological polar surface area (TPSA) is 75.7 Å². The number of ether oxygens (including phenoxy) is 1. The van der Waals surface area contributed by atoms with Gasteiger partial charge in [0, 0.05) is 23.8 Å². The molecule has 2 amide bonds. The van der Waals surface area contributed by atoms with Crippen LogP contribution in [0.25, 0.3) is 0 Å². The number of carbonyl (C=O) groups is 3. The molecule has 1 aromatic rings. The van der Waals surface area contributed by atoms with Crippen molar-refractivity contribution in [2.24, 2.45) is 11.8 Å². The molecule has 0 aromatic heterocycles. The molecule has 0 aliphatic carbocycles. The summed E-state index contributed by atoms with van der Waals surface area (Å²) in [5.74, 6) is 0.188. The predicted octanol–water partition coefficient (Wildman–Crippen LogP) is 3.06. The Hall–Kier alpha value is -1.73. The highest BCUT2D eigenvalue weighted by molar-refractivity contribution is 8.00. The first-order valence-corrected chi connectivity index (χ1v) is 10.4. The van der Waals surface area contributed by atoms with E-state index in [1.54, 1.807) is 29.2 Å². The summed E-state index contributed by atoms with van der Waals surface area (Å²) in [6.45, 7) is 5.41. The number of anilines is 1. The Bertz CT molecular complexity index is 658. The van der Waals surface area contributed by atoms with Gasteiger partial charge in [-0.15, -0.1) is 11.8 Å². The van der Waals surface area contributed by atoms with E-state index in [1.165, 1.54) is 0 Å². The summed E-state index contributed by atoms with van der Waals surface area (Å²) in [5.41, 5.74) is 0.642. The Labute approximate surface area is 169 Å². The minimum Gasteiger partial charge on any atom is -0.455 e. The van der Waals surface area contributed by atoms with E-state index >= 15 is 0 Å². The lowest BCUT2D eigenvalue weighted by Crippen LogP contribution is -2.44. The minimum atomic E-state index is -0.495. The first kappa shape index (κ1) is 21.6. The fraction of sp³-hybridized carbons (Fsp3) is 0.526. The average molecular weight is 413 g/mol. The van der Waals surface area contributed by atoms with E-state index in [1.807, 2.05) is 0 Å². The summed E-state index contributed by atoms with van der Waals surface area (Å²) < 4.78 is 5.04. The number of nitrogens with one attached hydrogen (secondary N) is 1. The quantitative estimate of drug-likeness (QED) is 0.696. The van der Waals surface area contributed by atoms with Crippen molar-refractivity contribution in [2.75, 3.05) is 36.5 Å². The number of benzene rings is 1. The molecule has 2 rings (SSSR count). The van der Waals surface area contributed by atoms with Crippen LogP contribution in [0.15, 0.2) is 24.3 Å². The smallest absolute Gasteiger partial charge is 0.316 e. The first-order chi connectivity index (χ1) is 12.8. The molecule has 1 aliphatic heterocycles. The highest BCUT2D eigenvalue weighted by Crippen LogP contribution is 2.21. The number of nitrogens with zero attached hydrogens (tertiary/aromatic N) is 1. The maximum Gasteiger partial charge on any atom is 0.316 e. The second kappa shape index (κ2) is 10.6. The predicted molar refractivity (Wildman–Crippen MR) is 108 cm³/mol. The van der Waals surface area contributed by atoms with Crippen molar-refractivity contribution in [2.45, 2.75) is 20.3 Å². The molecule has 1 N–H and O–H groups in total. The number of halogens is 1. The van der Waals surface area contributed by atoms with Crippen molar-refractivity contribution in [3.05, 3.63) is 29.3 Å². The maximum absolute atomic E-state index is 12.2. The molecular formula is C19H25ClN2O4S. The highest BCUT2D eigenvalue weighted by Gasteiger charge is 2.25. The van der Waals surface area contributed by atoms with Gasteiger partial charge >= 0.3 is 5.97 Å². The Morgan fingerprint density at radius 2 is 1.78 bits per heavy atom. The largest absolute Gasteiger partial charge is 0.455 e. The molecule has 0 saturated carbocycles. The third kappa shape index (κ3) is 7.81. The Morgan fingerprint density at radius 3 is 2.41 bits per heavy atom. The summed E-state index contributed by atoms with van der Waals surface area (Å²) in [6.07, 6.45) is 1.11. The van der Waals surface area contributed by atoms with Crippen LogP contribution in [0.2, 0.25) is 5.02 Å². The van der Waals surface area contributed by atoms with Crippen LogP contribution < -0.4 is 5.32 Å². The molecule has 27 heavy (non-hydrogen) atoms. The fourth-order valence-corrected chi connectivity index (χ4v) is 3.83. The van der Waals surface area contributed by atoms with Gasteiger partial charge in [0.25, 0.3) is 5.91 Å². The molecule has 1 aliphatic rings. The van der Waals surface area contributed by atoms with Gasteiger partial charge in [-0.2, -0.15) is 0 Å². The standard InChI is InChI=1S/C19H25ClN2O4S/c1-13-7-14(2)9-22(8-13)18(24)10-26-19(25)12-27-11-17(23)21-16-5-3-15(20)4-6-16/h3-6,13-14H,7-12H2,1-2H3,(H,21,23)/t13-,14-/m1/s1. The van der Waals surface area contributed by atoms with Crippen LogP contribution in [0, 0.1) is 11.8 Å². The van der Waals surface area contributed by atoms with Crippen molar-refractivity contribution in [3.63, 3.8) is 0 Å². The number of thioether (sulfide) groups is 1. The molecule has 1 saturated heterocycles. The molecule has 1 aromatic carbocycles. The van der Waals surface area contributed by atoms with Crippen molar-refractivity contribution >= 4 is 46.8 Å². The third-order valence-electron chi connectivity index (χ3n) is 4.16. The van der Waals surface area contributed by atoms with Crippen LogP contribution >= 0.6 is 23.4 Å². The number of hydrogen-bond acceptors (Lipinski definition) is 5. The lowest BCUT2D eigenvalue weighted by Gasteiger charge is -2.34. The summed E-state index contributed by atoms with van der Waals surface area (Å²) >= 11 is 6.93. The van der Waals surface area contributed by atoms with E-state index < -0.39 is 5.97 Å². The van der Waals surface area contributed by atoms with Crippen LogP contribution in [0.4, 0.5) is 5.69 Å². The second-order valence-electron chi connectivity index (χ2n) is 6.95. The van der Waals surface area contributed by atoms with Gasteiger partial charge < -0.3 is 15.0 Å². The number of hydrogen-bond donors (Lipinski definition) is 1. The van der Waals surface area contributed by atoms with Crippen molar-refractivity contribution < 1.29 is 19.1 Å². The SMILES string of the molecule is C[C@@H]1C[C@@H](C)CN(C(=O)COC(=O)CSCC(=O)Nc2ccc(Cl)cc2)C1. The summed E-state index contributed by atoms with van der Waals surface area (Å²) in [5, 5.41) is 3.30. The highest BCUT2D eigenvalue weighted by atomic mass is 35.5. The van der Waals surface area contributed by atoms with Crippen LogP contribution in [-0.2, 0) is 19.1 Å². The van der Waals surface area contributed by atoms with E-state index in [0.29, 0.717) is 35.6 Å². The number of rotatable bonds is 7. The van der Waals surface area contributed by atoms with Gasteiger partial charge in [0.1, 0.15) is 0 Å². The van der Waals surface area contributed by atoms with Crippen LogP contribution in [0.3, 0.4) is 0 Å². The summed E-state index contributed by atoms with van der Waals surface area (Å²) in [4.78, 5) is 37.5. The van der Waals surface area contributed by atoms with Crippen molar-refractivity contribution in [3.8, 4) is 0 Å². The van der Waals surface area contributed by atoms with E-state index in [0.717, 1.165) is 18.2 Å². The normalized spacial score (nSPS) is 19.4. The summed E-state index contributed by atoms with van der Waals surface area (Å²) in [6, 6.07) is 6.77. The van der Waals surface area contributed by atoms with Gasteiger partial charge in [-0.05, 0) is 42.5 Å². The molecule has 0 radical (unpaired) electrons. The molecule has 0 unspecified atom stereocenters. The van der Waals surface area contributed by atoms with Gasteiger partial charge in [0.15, 0.2) is 6.61 Å². The molecule has 6 nitrogen and oxygen atoms in total. The van der Waals surface area contributed by atoms with Crippen LogP contribution in [-0.4, -0.2) is 53.9 Å². The van der Waals surface area contributed by atoms with E-state index in [-0.39, 0.29) is 29.9 Å². The van der Waals surface area contributed by atoms with Gasteiger partial charge in [0.2, 0.25) is 5.91 Å². The summed E-state index contributed by atoms with van der Waals surface area (Å²) in [7, 11) is 0. The van der Waals surface area contributed by atoms with E-state index in [9.17, 15) is 14.4 Å². The average Bonchev–Trinajstić information content (AvgIpc) is 2.61. The van der Waals surface area contributed by atoms with Gasteiger partial charge in [0.05, 0.1) is 11.5 Å². The third-order valence-corrected chi connectivity index (χ3v) is 5.32. The lowest BCUT2D eigenvalue weighted by atomic mass is 9.92. The lowest BCUT2D eigenvalue weighted by molar-refractivity contribution is -0.151. The molecule has 1 heterocycles. The van der Waals surface area contributed by atoms with Gasteiger partial charge in [-0.3, -0.25) is 14.4 Å². The van der Waals surface area contributed by atoms with Crippen molar-refractivity contribution in [1.29, 1.82) is 0 Å². The minimum absolute atomic E-state index is 0.0219. The molecule has 8 heteroatoms. The van der Waals surface area contributed by atoms with Gasteiger partial charge in [-0.1, -0.05) is 25.4 Å². The Morgan fingerprint density at radius 1 is 1.15 bits per heavy atom. The Kier molecular flexibility index (Phi) is 8.44. The number of piperidine rings is 1. The molecular weight excluding hydrogens is 388 g/mol. The van der Waals surface area contributed by atoms with E-state index in [2.05, 4.69) is 19.2 Å². The second-order valence-corrected chi connectivity index (χ2v) is 8.38. The monoisotopic (exact) mass is 412 g/mol. The molecule has 0 spiro atoms. The van der Waals surface area contributed by atoms with Crippen LogP contribution in [0.5, 0.6) is 0 Å². The fourth-order valence-electron chi connectivity index (χ4n) is 3.10. The number of carbonyl (C=O) groups excluding carboxylic acids is 3. The number of esters is 1. The first-order valence-electron chi connectivity index (χ1n) is 8.90. The van der Waals surface area contributed by atoms with Crippen LogP contribution in [0.1, 0.15) is 20.3 Å². The molecule has 148 valence electrons. The zero-order chi connectivity index (χ0) is 19.8. The molecule has 1 fully saturated rings.